The fourth-order valence-corrected chi connectivity index (χ4v) is 1.33. The van der Waals surface area contributed by atoms with Crippen LogP contribution in [0.1, 0.15) is 5.69 Å². The average molecular weight is 199 g/mol. The van der Waals surface area contributed by atoms with Gasteiger partial charge >= 0.3 is 5.69 Å². The van der Waals surface area contributed by atoms with Gasteiger partial charge in [0.1, 0.15) is 6.07 Å². The normalized spacial score (nSPS) is 9.80. The van der Waals surface area contributed by atoms with Crippen LogP contribution < -0.4 is 0 Å². The largest absolute Gasteiger partial charge is 0.306 e. The van der Waals surface area contributed by atoms with Crippen molar-refractivity contribution in [2.75, 3.05) is 0 Å². The molecule has 0 bridgehead atoms. The number of nitro groups is 1. The molecule has 2 aromatic rings. The van der Waals surface area contributed by atoms with Gasteiger partial charge in [0.25, 0.3) is 0 Å². The quantitative estimate of drug-likeness (QED) is 0.519. The van der Waals surface area contributed by atoms with Gasteiger partial charge in [0, 0.05) is 11.5 Å². The van der Waals surface area contributed by atoms with Crippen LogP contribution in [0, 0.1) is 21.4 Å². The minimum Gasteiger partial charge on any atom is -0.258 e. The molecule has 0 unspecified atom stereocenters. The molecule has 5 nitrogen and oxygen atoms in total. The van der Waals surface area contributed by atoms with Crippen molar-refractivity contribution in [3.63, 3.8) is 0 Å². The van der Waals surface area contributed by atoms with Gasteiger partial charge in [0.05, 0.1) is 10.4 Å². The summed E-state index contributed by atoms with van der Waals surface area (Å²) in [7, 11) is 0. The van der Waals surface area contributed by atoms with E-state index in [9.17, 15) is 10.1 Å². The molecule has 1 aromatic heterocycles. The van der Waals surface area contributed by atoms with Crippen LogP contribution in [0.15, 0.2) is 30.3 Å². The second-order valence-electron chi connectivity index (χ2n) is 2.92. The van der Waals surface area contributed by atoms with E-state index in [4.69, 9.17) is 5.26 Å². The number of hydrogen-bond donors (Lipinski definition) is 0. The van der Waals surface area contributed by atoms with Gasteiger partial charge in [-0.25, -0.2) is 4.98 Å². The molecule has 0 saturated heterocycles. The van der Waals surface area contributed by atoms with Gasteiger partial charge in [-0.05, 0) is 6.07 Å². The van der Waals surface area contributed by atoms with Crippen molar-refractivity contribution in [1.82, 2.24) is 4.98 Å². The van der Waals surface area contributed by atoms with Crippen molar-refractivity contribution in [2.24, 2.45) is 0 Å². The first-order chi connectivity index (χ1) is 7.22. The first-order valence-corrected chi connectivity index (χ1v) is 4.16. The summed E-state index contributed by atoms with van der Waals surface area (Å²) in [6, 6.07) is 10.0. The van der Waals surface area contributed by atoms with E-state index in [1.165, 1.54) is 6.07 Å². The highest BCUT2D eigenvalue weighted by Gasteiger charge is 2.15. The highest BCUT2D eigenvalue weighted by molar-refractivity contribution is 5.81. The topological polar surface area (TPSA) is 79.8 Å². The highest BCUT2D eigenvalue weighted by atomic mass is 16.6. The third-order valence-corrected chi connectivity index (χ3v) is 2.01. The van der Waals surface area contributed by atoms with E-state index in [0.717, 1.165) is 0 Å². The predicted octanol–water partition coefficient (Wildman–Crippen LogP) is 2.01. The van der Waals surface area contributed by atoms with E-state index in [1.54, 1.807) is 30.3 Å². The Morgan fingerprint density at radius 3 is 2.80 bits per heavy atom. The van der Waals surface area contributed by atoms with Crippen LogP contribution >= 0.6 is 0 Å². The van der Waals surface area contributed by atoms with Crippen LogP contribution in [0.3, 0.4) is 0 Å². The summed E-state index contributed by atoms with van der Waals surface area (Å²) >= 11 is 0. The molecule has 5 heteroatoms. The maximum atomic E-state index is 10.6. The van der Waals surface area contributed by atoms with Crippen molar-refractivity contribution in [3.05, 3.63) is 46.1 Å². The van der Waals surface area contributed by atoms with Crippen molar-refractivity contribution in [1.29, 1.82) is 5.26 Å². The third kappa shape index (κ3) is 1.48. The molecule has 0 aliphatic carbocycles. The number of aromatic nitrogens is 1. The molecule has 1 aromatic carbocycles. The zero-order valence-electron chi connectivity index (χ0n) is 7.54. The maximum Gasteiger partial charge on any atom is 0.306 e. The fourth-order valence-electron chi connectivity index (χ4n) is 1.33. The van der Waals surface area contributed by atoms with Gasteiger partial charge < -0.3 is 0 Å². The Bertz CT molecular complexity index is 587. The lowest BCUT2D eigenvalue weighted by Gasteiger charge is -1.98. The van der Waals surface area contributed by atoms with Crippen molar-refractivity contribution < 1.29 is 4.92 Å². The van der Waals surface area contributed by atoms with Gasteiger partial charge in [-0.15, -0.1) is 0 Å². The summed E-state index contributed by atoms with van der Waals surface area (Å²) in [6.07, 6.45) is 0. The molecule has 0 amide bonds. The molecular formula is C10H5N3O2. The van der Waals surface area contributed by atoms with E-state index in [1.807, 2.05) is 0 Å². The van der Waals surface area contributed by atoms with Crippen LogP contribution in [-0.2, 0) is 0 Å². The van der Waals surface area contributed by atoms with Crippen LogP contribution in [0.5, 0.6) is 0 Å². The minimum atomic E-state index is -0.599. The van der Waals surface area contributed by atoms with E-state index in [2.05, 4.69) is 4.98 Å². The Labute approximate surface area is 84.7 Å². The molecule has 1 heterocycles. The van der Waals surface area contributed by atoms with Crippen LogP contribution in [0.4, 0.5) is 5.69 Å². The molecule has 72 valence electrons. The first-order valence-electron chi connectivity index (χ1n) is 4.16. The lowest BCUT2D eigenvalue weighted by atomic mass is 10.2. The molecule has 0 N–H and O–H groups in total. The van der Waals surface area contributed by atoms with Gasteiger partial charge in [-0.1, -0.05) is 18.2 Å². The second kappa shape index (κ2) is 3.35. The summed E-state index contributed by atoms with van der Waals surface area (Å²) in [6.45, 7) is 0. The molecule has 0 fully saturated rings. The number of benzene rings is 1. The van der Waals surface area contributed by atoms with Gasteiger partial charge in [-0.2, -0.15) is 5.26 Å². The summed E-state index contributed by atoms with van der Waals surface area (Å²) in [5.41, 5.74) is 0.176. The van der Waals surface area contributed by atoms with Crippen molar-refractivity contribution >= 4 is 16.6 Å². The lowest BCUT2D eigenvalue weighted by Crippen LogP contribution is -1.95. The number of rotatable bonds is 1. The SMILES string of the molecule is N#Cc1nc2ccccc2cc1[N+](=O)[O-]. The summed E-state index contributed by atoms with van der Waals surface area (Å²) in [5, 5.41) is 20.0. The standard InChI is InChI=1S/C10H5N3O2/c11-6-9-10(13(14)15)5-7-3-1-2-4-8(7)12-9/h1-5H. The Hall–Kier alpha value is -2.48. The van der Waals surface area contributed by atoms with Crippen LogP contribution in [0.2, 0.25) is 0 Å². The molecule has 0 radical (unpaired) electrons. The molecular weight excluding hydrogens is 194 g/mol. The number of fused-ring (bicyclic) bond motifs is 1. The monoisotopic (exact) mass is 199 g/mol. The highest BCUT2D eigenvalue weighted by Crippen LogP contribution is 2.21. The number of pyridine rings is 1. The predicted molar refractivity (Wildman–Crippen MR) is 53.1 cm³/mol. The van der Waals surface area contributed by atoms with Gasteiger partial charge in [0.2, 0.25) is 5.69 Å². The number of nitrogens with zero attached hydrogens (tertiary/aromatic N) is 3. The molecule has 2 rings (SSSR count). The third-order valence-electron chi connectivity index (χ3n) is 2.01. The summed E-state index contributed by atoms with van der Waals surface area (Å²) in [5.74, 6) is 0. The Balaban J connectivity index is 2.82. The molecule has 0 aliphatic heterocycles. The molecule has 0 saturated carbocycles. The van der Waals surface area contributed by atoms with Crippen LogP contribution in [0.25, 0.3) is 10.9 Å². The van der Waals surface area contributed by atoms with E-state index in [-0.39, 0.29) is 11.4 Å². The smallest absolute Gasteiger partial charge is 0.258 e. The first kappa shape index (κ1) is 9.09. The fraction of sp³-hybridized carbons (Fsp3) is 0. The zero-order valence-corrected chi connectivity index (χ0v) is 7.54. The Morgan fingerprint density at radius 1 is 1.40 bits per heavy atom. The average Bonchev–Trinajstić information content (AvgIpc) is 2.27. The molecule has 0 spiro atoms. The number of para-hydroxylation sites is 1. The molecule has 0 aliphatic rings. The second-order valence-corrected chi connectivity index (χ2v) is 2.92. The summed E-state index contributed by atoms with van der Waals surface area (Å²) < 4.78 is 0. The van der Waals surface area contributed by atoms with Gasteiger partial charge in [0.15, 0.2) is 0 Å². The van der Waals surface area contributed by atoms with Crippen molar-refractivity contribution in [3.8, 4) is 6.07 Å². The minimum absolute atomic E-state index is 0.154. The maximum absolute atomic E-state index is 10.6. The van der Waals surface area contributed by atoms with E-state index >= 15 is 0 Å². The molecule has 15 heavy (non-hydrogen) atoms. The van der Waals surface area contributed by atoms with Crippen LogP contribution in [-0.4, -0.2) is 9.91 Å². The Kier molecular flexibility index (Phi) is 2.03. The number of hydrogen-bond acceptors (Lipinski definition) is 4. The van der Waals surface area contributed by atoms with Crippen molar-refractivity contribution in [2.45, 2.75) is 0 Å². The van der Waals surface area contributed by atoms with E-state index in [0.29, 0.717) is 10.9 Å². The molecule has 0 atom stereocenters. The lowest BCUT2D eigenvalue weighted by molar-refractivity contribution is -0.385. The van der Waals surface area contributed by atoms with E-state index < -0.39 is 4.92 Å². The Morgan fingerprint density at radius 2 is 2.13 bits per heavy atom. The summed E-state index contributed by atoms with van der Waals surface area (Å²) in [4.78, 5) is 14.0. The number of nitriles is 1. The van der Waals surface area contributed by atoms with Gasteiger partial charge in [-0.3, -0.25) is 10.1 Å². The zero-order chi connectivity index (χ0) is 10.8.